The molecule has 0 aliphatic carbocycles. The monoisotopic (exact) mass is 279 g/mol. The van der Waals surface area contributed by atoms with Crippen LogP contribution in [-0.4, -0.2) is 49.6 Å². The van der Waals surface area contributed by atoms with Gasteiger partial charge in [0.15, 0.2) is 0 Å². The molecule has 0 amide bonds. The van der Waals surface area contributed by atoms with Crippen LogP contribution in [0.2, 0.25) is 0 Å². The molecule has 0 aromatic carbocycles. The van der Waals surface area contributed by atoms with E-state index in [1.807, 2.05) is 7.05 Å². The summed E-state index contributed by atoms with van der Waals surface area (Å²) in [7, 11) is 4.19. The van der Waals surface area contributed by atoms with Crippen molar-refractivity contribution in [1.82, 2.24) is 15.1 Å². The number of furan rings is 1. The van der Waals surface area contributed by atoms with Crippen LogP contribution in [0.1, 0.15) is 36.8 Å². The zero-order valence-electron chi connectivity index (χ0n) is 13.4. The molecule has 0 radical (unpaired) electrons. The van der Waals surface area contributed by atoms with Gasteiger partial charge in [0.25, 0.3) is 0 Å². The molecule has 4 nitrogen and oxygen atoms in total. The van der Waals surface area contributed by atoms with Crippen LogP contribution >= 0.6 is 0 Å². The van der Waals surface area contributed by atoms with Crippen molar-refractivity contribution >= 4 is 0 Å². The molecular formula is C16H29N3O. The van der Waals surface area contributed by atoms with E-state index in [0.717, 1.165) is 24.6 Å². The minimum atomic E-state index is 0.639. The molecule has 1 aromatic heterocycles. The maximum absolute atomic E-state index is 6.00. The van der Waals surface area contributed by atoms with Gasteiger partial charge in [0, 0.05) is 19.1 Å². The number of rotatable bonds is 5. The largest absolute Gasteiger partial charge is 0.463 e. The molecule has 1 saturated heterocycles. The molecule has 4 heteroatoms. The molecule has 1 fully saturated rings. The van der Waals surface area contributed by atoms with Crippen molar-refractivity contribution in [3.8, 4) is 0 Å². The van der Waals surface area contributed by atoms with Crippen LogP contribution in [0.25, 0.3) is 0 Å². The summed E-state index contributed by atoms with van der Waals surface area (Å²) in [6, 6.07) is 2.84. The lowest BCUT2D eigenvalue weighted by atomic mass is 10.1. The van der Waals surface area contributed by atoms with Crippen LogP contribution < -0.4 is 5.32 Å². The second kappa shape index (κ2) is 7.25. The third kappa shape index (κ3) is 3.84. The van der Waals surface area contributed by atoms with Gasteiger partial charge in [0.2, 0.25) is 0 Å². The third-order valence-corrected chi connectivity index (χ3v) is 4.26. The molecule has 2 rings (SSSR count). The Morgan fingerprint density at radius 2 is 2.20 bits per heavy atom. The maximum Gasteiger partial charge on any atom is 0.120 e. The Kier molecular flexibility index (Phi) is 5.64. The quantitative estimate of drug-likeness (QED) is 0.895. The van der Waals surface area contributed by atoms with Crippen LogP contribution in [0.5, 0.6) is 0 Å². The number of nitrogens with one attached hydrogen (secondary N) is 1. The Balaban J connectivity index is 2.04. The first-order valence-corrected chi connectivity index (χ1v) is 7.79. The first kappa shape index (κ1) is 15.5. The van der Waals surface area contributed by atoms with Crippen LogP contribution in [0, 0.1) is 6.92 Å². The van der Waals surface area contributed by atoms with Crippen molar-refractivity contribution in [2.45, 2.75) is 45.8 Å². The molecule has 1 N–H and O–H groups in total. The fourth-order valence-corrected chi connectivity index (χ4v) is 3.09. The first-order valence-electron chi connectivity index (χ1n) is 7.79. The van der Waals surface area contributed by atoms with Gasteiger partial charge < -0.3 is 14.6 Å². The van der Waals surface area contributed by atoms with Crippen molar-refractivity contribution in [3.05, 3.63) is 23.2 Å². The molecule has 1 aliphatic heterocycles. The second-order valence-electron chi connectivity index (χ2n) is 6.00. The number of likely N-dealkylation sites (N-methyl/N-ethyl adjacent to an activating group) is 1. The zero-order chi connectivity index (χ0) is 14.5. The molecule has 1 aliphatic rings. The van der Waals surface area contributed by atoms with E-state index in [4.69, 9.17) is 4.42 Å². The Bertz CT molecular complexity index is 416. The normalized spacial score (nSPS) is 22.1. The van der Waals surface area contributed by atoms with E-state index in [-0.39, 0.29) is 0 Å². The molecule has 2 heterocycles. The fourth-order valence-electron chi connectivity index (χ4n) is 3.09. The predicted molar refractivity (Wildman–Crippen MR) is 82.8 cm³/mol. The minimum absolute atomic E-state index is 0.639. The van der Waals surface area contributed by atoms with Crippen LogP contribution in [0.15, 0.2) is 10.5 Å². The molecule has 20 heavy (non-hydrogen) atoms. The lowest BCUT2D eigenvalue weighted by Crippen LogP contribution is -2.39. The first-order chi connectivity index (χ1) is 9.63. The summed E-state index contributed by atoms with van der Waals surface area (Å²) >= 11 is 0. The van der Waals surface area contributed by atoms with Gasteiger partial charge >= 0.3 is 0 Å². The maximum atomic E-state index is 6.00. The molecule has 1 atom stereocenters. The van der Waals surface area contributed by atoms with Gasteiger partial charge in [0.05, 0.1) is 13.1 Å². The summed E-state index contributed by atoms with van der Waals surface area (Å²) in [5.74, 6) is 2.18. The van der Waals surface area contributed by atoms with Crippen LogP contribution in [-0.2, 0) is 13.1 Å². The summed E-state index contributed by atoms with van der Waals surface area (Å²) in [6.07, 6.45) is 2.45. The minimum Gasteiger partial charge on any atom is -0.463 e. The summed E-state index contributed by atoms with van der Waals surface area (Å²) in [6.45, 7) is 9.71. The van der Waals surface area contributed by atoms with Gasteiger partial charge in [-0.15, -0.1) is 0 Å². The lowest BCUT2D eigenvalue weighted by molar-refractivity contribution is 0.163. The average Bonchev–Trinajstić information content (AvgIpc) is 2.65. The van der Waals surface area contributed by atoms with Crippen molar-refractivity contribution in [2.75, 3.05) is 33.7 Å². The highest BCUT2D eigenvalue weighted by Gasteiger charge is 2.23. The van der Waals surface area contributed by atoms with Gasteiger partial charge in [-0.1, -0.05) is 6.92 Å². The molecule has 114 valence electrons. The molecular weight excluding hydrogens is 250 g/mol. The van der Waals surface area contributed by atoms with Gasteiger partial charge in [-0.2, -0.15) is 0 Å². The zero-order valence-corrected chi connectivity index (χ0v) is 13.4. The molecule has 1 unspecified atom stereocenters. The van der Waals surface area contributed by atoms with E-state index in [1.54, 1.807) is 0 Å². The van der Waals surface area contributed by atoms with Crippen molar-refractivity contribution in [1.29, 1.82) is 0 Å². The van der Waals surface area contributed by atoms with E-state index >= 15 is 0 Å². The fraction of sp³-hybridized carbons (Fsp3) is 0.750. The SMILES string of the molecule is CCC1CN(C)CCCN1Cc1cc(C)c(CNC)o1. The number of aryl methyl sites for hydroxylation is 1. The second-order valence-corrected chi connectivity index (χ2v) is 6.00. The van der Waals surface area contributed by atoms with E-state index < -0.39 is 0 Å². The predicted octanol–water partition coefficient (Wildman–Crippen LogP) is 2.22. The Morgan fingerprint density at radius 3 is 2.90 bits per heavy atom. The third-order valence-electron chi connectivity index (χ3n) is 4.26. The van der Waals surface area contributed by atoms with E-state index in [2.05, 4.69) is 42.1 Å². The summed E-state index contributed by atoms with van der Waals surface area (Å²) in [4.78, 5) is 5.04. The number of hydrogen-bond acceptors (Lipinski definition) is 4. The highest BCUT2D eigenvalue weighted by molar-refractivity contribution is 5.20. The van der Waals surface area contributed by atoms with Gasteiger partial charge in [0.1, 0.15) is 11.5 Å². The Labute approximate surface area is 123 Å². The van der Waals surface area contributed by atoms with Crippen molar-refractivity contribution in [2.24, 2.45) is 0 Å². The van der Waals surface area contributed by atoms with E-state index in [1.165, 1.54) is 38.0 Å². The average molecular weight is 279 g/mol. The molecule has 1 aromatic rings. The molecule has 0 bridgehead atoms. The van der Waals surface area contributed by atoms with Crippen LogP contribution in [0.4, 0.5) is 0 Å². The number of hydrogen-bond donors (Lipinski definition) is 1. The standard InChI is InChI=1S/C16H29N3O/c1-5-14-11-18(4)7-6-8-19(14)12-15-9-13(2)16(20-15)10-17-3/h9,14,17H,5-8,10-12H2,1-4H3. The smallest absolute Gasteiger partial charge is 0.120 e. The summed E-state index contributed by atoms with van der Waals surface area (Å²) in [5, 5.41) is 3.16. The van der Waals surface area contributed by atoms with Crippen molar-refractivity contribution in [3.63, 3.8) is 0 Å². The van der Waals surface area contributed by atoms with Gasteiger partial charge in [-0.25, -0.2) is 0 Å². The Morgan fingerprint density at radius 1 is 1.40 bits per heavy atom. The van der Waals surface area contributed by atoms with Crippen molar-refractivity contribution < 1.29 is 4.42 Å². The van der Waals surface area contributed by atoms with E-state index in [0.29, 0.717) is 6.04 Å². The summed E-state index contributed by atoms with van der Waals surface area (Å²) < 4.78 is 6.00. The Hall–Kier alpha value is -0.840. The topological polar surface area (TPSA) is 31.6 Å². The highest BCUT2D eigenvalue weighted by Crippen LogP contribution is 2.20. The molecule has 0 saturated carbocycles. The highest BCUT2D eigenvalue weighted by atomic mass is 16.3. The van der Waals surface area contributed by atoms with Gasteiger partial charge in [-0.05, 0) is 52.0 Å². The van der Waals surface area contributed by atoms with Gasteiger partial charge in [-0.3, -0.25) is 4.90 Å². The molecule has 0 spiro atoms. The number of nitrogens with zero attached hydrogens (tertiary/aromatic N) is 2. The summed E-state index contributed by atoms with van der Waals surface area (Å²) in [5.41, 5.74) is 1.26. The van der Waals surface area contributed by atoms with E-state index in [9.17, 15) is 0 Å². The van der Waals surface area contributed by atoms with Crippen LogP contribution in [0.3, 0.4) is 0 Å². The lowest BCUT2D eigenvalue weighted by Gasteiger charge is -2.29.